The van der Waals surface area contributed by atoms with Gasteiger partial charge in [0, 0.05) is 21.5 Å². The molecule has 0 fully saturated rings. The van der Waals surface area contributed by atoms with Gasteiger partial charge >= 0.3 is 0 Å². The van der Waals surface area contributed by atoms with Gasteiger partial charge in [0.1, 0.15) is 0 Å². The van der Waals surface area contributed by atoms with Gasteiger partial charge in [0.2, 0.25) is 0 Å². The first-order valence-corrected chi connectivity index (χ1v) is 8.17. The Morgan fingerprint density at radius 3 is 1.76 bits per heavy atom. The third-order valence-corrected chi connectivity index (χ3v) is 5.20. The highest BCUT2D eigenvalue weighted by molar-refractivity contribution is 6.29. The number of ether oxygens (including phenoxy) is 1. The van der Waals surface area contributed by atoms with Gasteiger partial charge in [-0.05, 0) is 21.5 Å². The molecule has 25 heavy (non-hydrogen) atoms. The van der Waals surface area contributed by atoms with Crippen LogP contribution in [0.25, 0.3) is 43.1 Å². The minimum atomic E-state index is -0.0905. The van der Waals surface area contributed by atoms with Crippen LogP contribution in [0.4, 0.5) is 0 Å². The summed E-state index contributed by atoms with van der Waals surface area (Å²) in [6.07, 6.45) is 0. The number of hydrogen-bond acceptors (Lipinski definition) is 3. The van der Waals surface area contributed by atoms with E-state index in [1.54, 1.807) is 0 Å². The summed E-state index contributed by atoms with van der Waals surface area (Å²) in [4.78, 5) is 0. The van der Waals surface area contributed by atoms with Crippen LogP contribution in [0.2, 0.25) is 0 Å². The van der Waals surface area contributed by atoms with E-state index in [1.165, 1.54) is 0 Å². The van der Waals surface area contributed by atoms with Gasteiger partial charge in [-0.3, -0.25) is 0 Å². The van der Waals surface area contributed by atoms with Crippen molar-refractivity contribution in [3.8, 4) is 23.0 Å². The second kappa shape index (κ2) is 4.14. The van der Waals surface area contributed by atoms with Crippen molar-refractivity contribution in [3.63, 3.8) is 0 Å². The summed E-state index contributed by atoms with van der Waals surface area (Å²) in [6, 6.07) is 19.8. The highest BCUT2D eigenvalue weighted by Gasteiger charge is 2.30. The predicted octanol–water partition coefficient (Wildman–Crippen LogP) is 5.82. The maximum absolute atomic E-state index is 10.8. The summed E-state index contributed by atoms with van der Waals surface area (Å²) >= 11 is 0. The number of fused-ring (bicyclic) bond motifs is 10. The summed E-state index contributed by atoms with van der Waals surface area (Å²) < 4.78 is 5.79. The molecule has 0 unspecified atom stereocenters. The van der Waals surface area contributed by atoms with Crippen LogP contribution in [0.1, 0.15) is 0 Å². The molecule has 3 nitrogen and oxygen atoms in total. The number of phenols is 2. The van der Waals surface area contributed by atoms with Gasteiger partial charge in [-0.2, -0.15) is 0 Å². The quantitative estimate of drug-likeness (QED) is 0.210. The van der Waals surface area contributed by atoms with Crippen LogP contribution < -0.4 is 4.74 Å². The Bertz CT molecular complexity index is 1380. The number of aromatic hydroxyl groups is 2. The van der Waals surface area contributed by atoms with E-state index in [0.717, 1.165) is 43.8 Å². The zero-order valence-electron chi connectivity index (χ0n) is 13.1. The van der Waals surface area contributed by atoms with E-state index in [4.69, 9.17) is 4.74 Å². The van der Waals surface area contributed by atoms with Gasteiger partial charge in [-0.15, -0.1) is 0 Å². The second-order valence-electron chi connectivity index (χ2n) is 6.46. The van der Waals surface area contributed by atoms with Crippen LogP contribution in [-0.4, -0.2) is 10.2 Å². The Morgan fingerprint density at radius 2 is 1.04 bits per heavy atom. The van der Waals surface area contributed by atoms with E-state index in [2.05, 4.69) is 12.1 Å². The van der Waals surface area contributed by atoms with E-state index >= 15 is 0 Å². The van der Waals surface area contributed by atoms with E-state index in [9.17, 15) is 10.2 Å². The highest BCUT2D eigenvalue weighted by Crippen LogP contribution is 2.59. The minimum Gasteiger partial charge on any atom is -0.504 e. The van der Waals surface area contributed by atoms with Crippen molar-refractivity contribution in [3.05, 3.63) is 60.7 Å². The Kier molecular flexibility index (Phi) is 2.13. The van der Waals surface area contributed by atoms with E-state index in [0.29, 0.717) is 10.8 Å². The van der Waals surface area contributed by atoms with Crippen molar-refractivity contribution in [2.75, 3.05) is 0 Å². The summed E-state index contributed by atoms with van der Waals surface area (Å²) in [5.74, 6) is 1.48. The number of phenolic OH excluding ortho intramolecular Hbond substituents is 2. The van der Waals surface area contributed by atoms with Crippen LogP contribution in [0, 0.1) is 0 Å². The van der Waals surface area contributed by atoms with Crippen molar-refractivity contribution < 1.29 is 14.9 Å². The van der Waals surface area contributed by atoms with Crippen LogP contribution in [0.5, 0.6) is 23.0 Å². The molecular formula is C22H12O3. The normalized spacial score (nSPS) is 12.6. The molecule has 6 rings (SSSR count). The lowest BCUT2D eigenvalue weighted by Gasteiger charge is -2.12. The van der Waals surface area contributed by atoms with Crippen LogP contribution >= 0.6 is 0 Å². The molecule has 1 heterocycles. The zero-order chi connectivity index (χ0) is 16.7. The van der Waals surface area contributed by atoms with E-state index in [1.807, 2.05) is 48.5 Å². The molecule has 0 saturated heterocycles. The minimum absolute atomic E-state index is 0.0850. The first kappa shape index (κ1) is 12.9. The fourth-order valence-electron chi connectivity index (χ4n) is 4.04. The van der Waals surface area contributed by atoms with Gasteiger partial charge in [-0.25, -0.2) is 0 Å². The molecule has 2 N–H and O–H groups in total. The van der Waals surface area contributed by atoms with Crippen molar-refractivity contribution in [1.82, 2.24) is 0 Å². The molecular weight excluding hydrogens is 312 g/mol. The summed E-state index contributed by atoms with van der Waals surface area (Å²) in [5.41, 5.74) is 0. The average molecular weight is 324 g/mol. The molecule has 1 aliphatic rings. The molecule has 0 spiro atoms. The third kappa shape index (κ3) is 1.46. The highest BCUT2D eigenvalue weighted by atomic mass is 16.6. The maximum atomic E-state index is 10.8. The van der Waals surface area contributed by atoms with Crippen molar-refractivity contribution >= 4 is 43.1 Å². The van der Waals surface area contributed by atoms with Crippen LogP contribution in [0.15, 0.2) is 60.7 Å². The number of rotatable bonds is 0. The summed E-state index contributed by atoms with van der Waals surface area (Å²) in [6.45, 7) is 0. The smallest absolute Gasteiger partial charge is 0.179 e. The molecule has 5 aromatic carbocycles. The van der Waals surface area contributed by atoms with Crippen LogP contribution in [-0.2, 0) is 0 Å². The average Bonchev–Trinajstić information content (AvgIpc) is 3.46. The van der Waals surface area contributed by atoms with Gasteiger partial charge in [0.15, 0.2) is 23.0 Å². The molecule has 0 radical (unpaired) electrons. The van der Waals surface area contributed by atoms with Crippen LogP contribution in [0.3, 0.4) is 0 Å². The summed E-state index contributed by atoms with van der Waals surface area (Å²) in [5, 5.41) is 28.5. The zero-order valence-corrected chi connectivity index (χ0v) is 13.1. The predicted molar refractivity (Wildman–Crippen MR) is 99.9 cm³/mol. The Labute approximate surface area is 142 Å². The van der Waals surface area contributed by atoms with Gasteiger partial charge < -0.3 is 14.9 Å². The molecule has 0 atom stereocenters. The lowest BCUT2D eigenvalue weighted by atomic mass is 9.93. The molecule has 0 amide bonds. The van der Waals surface area contributed by atoms with Crippen molar-refractivity contribution in [2.45, 2.75) is 0 Å². The Morgan fingerprint density at radius 1 is 0.480 bits per heavy atom. The Hall–Kier alpha value is -3.46. The number of benzene rings is 5. The fourth-order valence-corrected chi connectivity index (χ4v) is 4.04. The van der Waals surface area contributed by atoms with E-state index in [-0.39, 0.29) is 11.5 Å². The van der Waals surface area contributed by atoms with Gasteiger partial charge in [0.25, 0.3) is 0 Å². The fraction of sp³-hybridized carbons (Fsp3) is 0. The monoisotopic (exact) mass is 324 g/mol. The lowest BCUT2D eigenvalue weighted by Crippen LogP contribution is -1.83. The third-order valence-electron chi connectivity index (χ3n) is 5.20. The first-order chi connectivity index (χ1) is 12.3. The first-order valence-electron chi connectivity index (χ1n) is 8.17. The standard InChI is InChI=1S/C22H12O3/c23-19-15-7-3-1-5-11(15)13-9-10-14-12-6-2-4-8-16(12)21-22(25-21)18(14)17(13)20(19)24/h1-10,23-24H. The molecule has 118 valence electrons. The van der Waals surface area contributed by atoms with Crippen molar-refractivity contribution in [1.29, 1.82) is 0 Å². The second-order valence-corrected chi connectivity index (χ2v) is 6.46. The Balaban J connectivity index is 1.97. The lowest BCUT2D eigenvalue weighted by molar-refractivity contribution is 0.413. The molecule has 0 bridgehead atoms. The van der Waals surface area contributed by atoms with Gasteiger partial charge in [0.05, 0.1) is 0 Å². The van der Waals surface area contributed by atoms with Gasteiger partial charge in [-0.1, -0.05) is 60.7 Å². The van der Waals surface area contributed by atoms with E-state index < -0.39 is 0 Å². The van der Waals surface area contributed by atoms with Crippen molar-refractivity contribution in [2.24, 2.45) is 0 Å². The summed E-state index contributed by atoms with van der Waals surface area (Å²) in [7, 11) is 0. The molecule has 1 aliphatic heterocycles. The molecule has 3 heteroatoms. The molecule has 0 aromatic heterocycles. The molecule has 0 saturated carbocycles. The maximum Gasteiger partial charge on any atom is 0.179 e. The molecule has 0 aliphatic carbocycles. The largest absolute Gasteiger partial charge is 0.504 e. The number of hydrogen-bond donors (Lipinski definition) is 2. The topological polar surface area (TPSA) is 53.0 Å². The SMILES string of the molecule is Oc1c(O)c2c(ccc3c4ccccc4c4c(c32)O4)c2ccccc12. The molecule has 5 aromatic rings.